The van der Waals surface area contributed by atoms with E-state index in [9.17, 15) is 0 Å². The van der Waals surface area contributed by atoms with Crippen LogP contribution in [0.2, 0.25) is 0 Å². The van der Waals surface area contributed by atoms with Crippen LogP contribution in [0.5, 0.6) is 0 Å². The van der Waals surface area contributed by atoms with Crippen molar-refractivity contribution in [3.8, 4) is 0 Å². The summed E-state index contributed by atoms with van der Waals surface area (Å²) in [5.41, 5.74) is 1.26. The second kappa shape index (κ2) is 4.03. The molecule has 2 rings (SSSR count). The summed E-state index contributed by atoms with van der Waals surface area (Å²) in [7, 11) is 0. The quantitative estimate of drug-likeness (QED) is 0.686. The monoisotopic (exact) mass is 195 g/mol. The van der Waals surface area contributed by atoms with Crippen LogP contribution in [0, 0.1) is 0 Å². The summed E-state index contributed by atoms with van der Waals surface area (Å²) in [5.74, 6) is 0. The van der Waals surface area contributed by atoms with E-state index in [2.05, 4.69) is 29.7 Å². The van der Waals surface area contributed by atoms with E-state index in [0.29, 0.717) is 0 Å². The Morgan fingerprint density at radius 1 is 1.08 bits per heavy atom. The van der Waals surface area contributed by atoms with E-state index < -0.39 is 0 Å². The number of hydrogen-bond donors (Lipinski definition) is 1. The number of thiol groups is 1. The zero-order chi connectivity index (χ0) is 9.10. The number of hydrogen-bond acceptors (Lipinski definition) is 3. The summed E-state index contributed by atoms with van der Waals surface area (Å²) < 4.78 is 5.29. The molecule has 3 heteroatoms. The summed E-state index contributed by atoms with van der Waals surface area (Å²) >= 11 is 4.25. The largest absolute Gasteiger partial charge is 0.378 e. The van der Waals surface area contributed by atoms with Gasteiger partial charge in [-0.15, -0.1) is 12.6 Å². The highest BCUT2D eigenvalue weighted by atomic mass is 32.1. The Morgan fingerprint density at radius 2 is 1.69 bits per heavy atom. The Bertz CT molecular complexity index is 267. The topological polar surface area (TPSA) is 12.5 Å². The molecular formula is C10H13NOS. The maximum atomic E-state index is 5.29. The van der Waals surface area contributed by atoms with Crippen LogP contribution in [0.3, 0.4) is 0 Å². The van der Waals surface area contributed by atoms with E-state index in [1.54, 1.807) is 0 Å². The maximum absolute atomic E-state index is 5.29. The highest BCUT2D eigenvalue weighted by Gasteiger charge is 2.09. The van der Waals surface area contributed by atoms with Crippen molar-refractivity contribution in [1.82, 2.24) is 0 Å². The predicted octanol–water partition coefficient (Wildman–Crippen LogP) is 1.81. The second-order valence-electron chi connectivity index (χ2n) is 3.12. The number of nitrogens with zero attached hydrogens (tertiary/aromatic N) is 1. The molecule has 13 heavy (non-hydrogen) atoms. The summed E-state index contributed by atoms with van der Waals surface area (Å²) in [5, 5.41) is 0. The van der Waals surface area contributed by atoms with Gasteiger partial charge < -0.3 is 9.64 Å². The molecule has 0 unspecified atom stereocenters. The summed E-state index contributed by atoms with van der Waals surface area (Å²) in [6.07, 6.45) is 0. The first-order chi connectivity index (χ1) is 6.36. The molecule has 0 saturated carbocycles. The molecule has 0 aromatic heterocycles. The average molecular weight is 195 g/mol. The van der Waals surface area contributed by atoms with Gasteiger partial charge in [0, 0.05) is 23.7 Å². The van der Waals surface area contributed by atoms with Crippen molar-refractivity contribution in [3.63, 3.8) is 0 Å². The minimum Gasteiger partial charge on any atom is -0.378 e. The fourth-order valence-electron chi connectivity index (χ4n) is 1.49. The van der Waals surface area contributed by atoms with Crippen molar-refractivity contribution < 1.29 is 4.74 Å². The number of ether oxygens (including phenoxy) is 1. The standard InChI is InChI=1S/C10H13NOS/c13-10-3-1-9(2-4-10)11-5-7-12-8-6-11/h1-4,13H,5-8H2. The molecule has 1 aliphatic heterocycles. The summed E-state index contributed by atoms with van der Waals surface area (Å²) in [6, 6.07) is 8.25. The Morgan fingerprint density at radius 3 is 2.31 bits per heavy atom. The van der Waals surface area contributed by atoms with Crippen molar-refractivity contribution in [3.05, 3.63) is 24.3 Å². The van der Waals surface area contributed by atoms with E-state index in [1.165, 1.54) is 5.69 Å². The third kappa shape index (κ3) is 2.17. The average Bonchev–Trinajstić information content (AvgIpc) is 2.20. The molecule has 1 saturated heterocycles. The fourth-order valence-corrected chi connectivity index (χ4v) is 1.63. The second-order valence-corrected chi connectivity index (χ2v) is 3.63. The van der Waals surface area contributed by atoms with Gasteiger partial charge in [-0.05, 0) is 24.3 Å². The first-order valence-electron chi connectivity index (χ1n) is 4.48. The van der Waals surface area contributed by atoms with Crippen molar-refractivity contribution >= 4 is 18.3 Å². The SMILES string of the molecule is Sc1ccc(N2CCOCC2)cc1. The van der Waals surface area contributed by atoms with E-state index in [0.717, 1.165) is 31.2 Å². The van der Waals surface area contributed by atoms with Gasteiger partial charge in [-0.2, -0.15) is 0 Å². The van der Waals surface area contributed by atoms with Gasteiger partial charge in [-0.1, -0.05) is 0 Å². The minimum atomic E-state index is 0.836. The lowest BCUT2D eigenvalue weighted by atomic mass is 10.2. The number of morpholine rings is 1. The van der Waals surface area contributed by atoms with Crippen molar-refractivity contribution in [2.75, 3.05) is 31.2 Å². The van der Waals surface area contributed by atoms with E-state index in [-0.39, 0.29) is 0 Å². The highest BCUT2D eigenvalue weighted by Crippen LogP contribution is 2.17. The molecule has 0 spiro atoms. The molecule has 0 N–H and O–H groups in total. The zero-order valence-electron chi connectivity index (χ0n) is 7.44. The first kappa shape index (κ1) is 8.91. The third-order valence-electron chi connectivity index (χ3n) is 2.23. The molecule has 0 bridgehead atoms. The van der Waals surface area contributed by atoms with Crippen molar-refractivity contribution in [2.24, 2.45) is 0 Å². The number of benzene rings is 1. The Balaban J connectivity index is 2.10. The van der Waals surface area contributed by atoms with Gasteiger partial charge in [0.05, 0.1) is 13.2 Å². The van der Waals surface area contributed by atoms with E-state index in [1.807, 2.05) is 12.1 Å². The zero-order valence-corrected chi connectivity index (χ0v) is 8.33. The van der Waals surface area contributed by atoms with Crippen LogP contribution in [0.25, 0.3) is 0 Å². The number of rotatable bonds is 1. The van der Waals surface area contributed by atoms with Crippen LogP contribution in [0.4, 0.5) is 5.69 Å². The summed E-state index contributed by atoms with van der Waals surface area (Å²) in [4.78, 5) is 3.34. The lowest BCUT2D eigenvalue weighted by Gasteiger charge is -2.28. The molecule has 0 atom stereocenters. The van der Waals surface area contributed by atoms with Crippen LogP contribution in [-0.4, -0.2) is 26.3 Å². The predicted molar refractivity (Wildman–Crippen MR) is 56.7 cm³/mol. The van der Waals surface area contributed by atoms with Gasteiger partial charge >= 0.3 is 0 Å². The molecular weight excluding hydrogens is 182 g/mol. The van der Waals surface area contributed by atoms with Gasteiger partial charge in [-0.3, -0.25) is 0 Å². The van der Waals surface area contributed by atoms with Crippen LogP contribution >= 0.6 is 12.6 Å². The van der Waals surface area contributed by atoms with Gasteiger partial charge in [0.25, 0.3) is 0 Å². The van der Waals surface area contributed by atoms with E-state index >= 15 is 0 Å². The highest BCUT2D eigenvalue weighted by molar-refractivity contribution is 7.80. The molecule has 1 aromatic carbocycles. The Kier molecular flexibility index (Phi) is 2.76. The van der Waals surface area contributed by atoms with Gasteiger partial charge in [0.1, 0.15) is 0 Å². The van der Waals surface area contributed by atoms with Crippen LogP contribution in [0.1, 0.15) is 0 Å². The van der Waals surface area contributed by atoms with Crippen LogP contribution < -0.4 is 4.90 Å². The molecule has 1 fully saturated rings. The molecule has 1 heterocycles. The fraction of sp³-hybridized carbons (Fsp3) is 0.400. The van der Waals surface area contributed by atoms with Crippen LogP contribution in [-0.2, 0) is 4.74 Å². The van der Waals surface area contributed by atoms with Gasteiger partial charge in [0.2, 0.25) is 0 Å². The molecule has 0 amide bonds. The molecule has 1 aliphatic rings. The van der Waals surface area contributed by atoms with E-state index in [4.69, 9.17) is 4.74 Å². The third-order valence-corrected chi connectivity index (χ3v) is 2.52. The Hall–Kier alpha value is -0.670. The lowest BCUT2D eigenvalue weighted by Crippen LogP contribution is -2.36. The normalized spacial score (nSPS) is 17.5. The maximum Gasteiger partial charge on any atom is 0.0642 e. The van der Waals surface area contributed by atoms with Gasteiger partial charge in [0.15, 0.2) is 0 Å². The molecule has 0 aliphatic carbocycles. The molecule has 1 aromatic rings. The Labute approximate surface area is 83.9 Å². The summed E-state index contributed by atoms with van der Waals surface area (Å²) in [6.45, 7) is 3.66. The van der Waals surface area contributed by atoms with Gasteiger partial charge in [-0.25, -0.2) is 0 Å². The number of anilines is 1. The molecule has 0 radical (unpaired) electrons. The smallest absolute Gasteiger partial charge is 0.0642 e. The molecule has 2 nitrogen and oxygen atoms in total. The van der Waals surface area contributed by atoms with Crippen molar-refractivity contribution in [2.45, 2.75) is 4.90 Å². The van der Waals surface area contributed by atoms with Crippen molar-refractivity contribution in [1.29, 1.82) is 0 Å². The first-order valence-corrected chi connectivity index (χ1v) is 4.93. The van der Waals surface area contributed by atoms with Crippen LogP contribution in [0.15, 0.2) is 29.2 Å². The minimum absolute atomic E-state index is 0.836. The lowest BCUT2D eigenvalue weighted by molar-refractivity contribution is 0.122. The molecule has 70 valence electrons.